The summed E-state index contributed by atoms with van der Waals surface area (Å²) in [4.78, 5) is 4.58. The highest BCUT2D eigenvalue weighted by Crippen LogP contribution is 2.36. The van der Waals surface area contributed by atoms with Crippen LogP contribution in [0.1, 0.15) is 33.4 Å². The Hall–Kier alpha value is -6.38. The summed E-state index contributed by atoms with van der Waals surface area (Å²) in [5, 5.41) is 0. The van der Waals surface area contributed by atoms with Crippen molar-refractivity contribution in [3.63, 3.8) is 0 Å². The third kappa shape index (κ3) is 7.84. The van der Waals surface area contributed by atoms with Crippen molar-refractivity contribution in [2.24, 2.45) is 0 Å². The number of anilines is 6. The average Bonchev–Trinajstić information content (AvgIpc) is 3.17. The maximum Gasteiger partial charge on any atom is 0.0462 e. The first-order valence-electron chi connectivity index (χ1n) is 17.1. The van der Waals surface area contributed by atoms with Crippen molar-refractivity contribution in [1.29, 1.82) is 0 Å². The molecule has 0 saturated carbocycles. The first kappa shape index (κ1) is 32.2. The SMILES string of the molecule is Cc1ccc(N(c2ccccc2)c2ccc(/C=C/c3cccc(/C=C/c4ccc(N(c5ccccc5)c5ccc(C)cc5)cc4)c3)cc2)cc1. The molecule has 0 radical (unpaired) electrons. The van der Waals surface area contributed by atoms with Gasteiger partial charge in [0.25, 0.3) is 0 Å². The summed E-state index contributed by atoms with van der Waals surface area (Å²) in [7, 11) is 0. The Morgan fingerprint density at radius 1 is 0.280 bits per heavy atom. The molecule has 7 aromatic carbocycles. The predicted octanol–water partition coefficient (Wildman–Crippen LogP) is 13.6. The van der Waals surface area contributed by atoms with Gasteiger partial charge in [-0.15, -0.1) is 0 Å². The minimum atomic E-state index is 1.13. The summed E-state index contributed by atoms with van der Waals surface area (Å²) in [5.74, 6) is 0. The summed E-state index contributed by atoms with van der Waals surface area (Å²) in [6.07, 6.45) is 8.71. The molecule has 242 valence electrons. The Kier molecular flexibility index (Phi) is 9.80. The van der Waals surface area contributed by atoms with Crippen LogP contribution in [0.15, 0.2) is 182 Å². The Labute approximate surface area is 296 Å². The molecular formula is C48H40N2. The minimum Gasteiger partial charge on any atom is -0.311 e. The van der Waals surface area contributed by atoms with Crippen molar-refractivity contribution in [1.82, 2.24) is 0 Å². The van der Waals surface area contributed by atoms with E-state index in [1.54, 1.807) is 0 Å². The largest absolute Gasteiger partial charge is 0.311 e. The Balaban J connectivity index is 1.05. The Bertz CT molecular complexity index is 2020. The zero-order valence-corrected chi connectivity index (χ0v) is 28.5. The molecule has 0 N–H and O–H groups in total. The van der Waals surface area contributed by atoms with Gasteiger partial charge in [-0.1, -0.05) is 139 Å². The van der Waals surface area contributed by atoms with Crippen molar-refractivity contribution in [2.75, 3.05) is 9.80 Å². The third-order valence-corrected chi connectivity index (χ3v) is 8.76. The van der Waals surface area contributed by atoms with E-state index in [9.17, 15) is 0 Å². The van der Waals surface area contributed by atoms with Gasteiger partial charge < -0.3 is 9.80 Å². The molecule has 0 heterocycles. The lowest BCUT2D eigenvalue weighted by atomic mass is 10.1. The van der Waals surface area contributed by atoms with Crippen LogP contribution in [-0.2, 0) is 0 Å². The van der Waals surface area contributed by atoms with Gasteiger partial charge >= 0.3 is 0 Å². The monoisotopic (exact) mass is 644 g/mol. The van der Waals surface area contributed by atoms with E-state index < -0.39 is 0 Å². The number of nitrogens with zero attached hydrogens (tertiary/aromatic N) is 2. The summed E-state index contributed by atoms with van der Waals surface area (Å²) >= 11 is 0. The third-order valence-electron chi connectivity index (χ3n) is 8.76. The molecule has 0 aliphatic carbocycles. The van der Waals surface area contributed by atoms with Crippen LogP contribution in [-0.4, -0.2) is 0 Å². The lowest BCUT2D eigenvalue weighted by Crippen LogP contribution is -2.09. The quantitative estimate of drug-likeness (QED) is 0.137. The topological polar surface area (TPSA) is 6.48 Å². The minimum absolute atomic E-state index is 1.13. The molecule has 0 spiro atoms. The van der Waals surface area contributed by atoms with Crippen LogP contribution < -0.4 is 9.80 Å². The first-order valence-corrected chi connectivity index (χ1v) is 17.1. The van der Waals surface area contributed by atoms with Gasteiger partial charge in [-0.3, -0.25) is 0 Å². The smallest absolute Gasteiger partial charge is 0.0462 e. The number of benzene rings is 7. The standard InChI is InChI=1S/C48H40N2/c1-37-16-28-45(29-17-37)49(43-12-5-3-6-13-43)47-32-24-39(25-33-47)20-22-41-10-9-11-42(36-41)23-21-40-26-34-48(35-27-40)50(44-14-7-4-8-15-44)46-30-18-38(2)19-31-46/h3-36H,1-2H3/b22-20+,23-21+. The second kappa shape index (κ2) is 15.2. The van der Waals surface area contributed by atoms with Gasteiger partial charge in [-0.2, -0.15) is 0 Å². The number of aryl methyl sites for hydroxylation is 2. The van der Waals surface area contributed by atoms with Gasteiger partial charge in [0, 0.05) is 34.1 Å². The molecule has 0 aromatic heterocycles. The normalized spacial score (nSPS) is 11.2. The zero-order valence-electron chi connectivity index (χ0n) is 28.5. The highest BCUT2D eigenvalue weighted by Gasteiger charge is 2.13. The zero-order chi connectivity index (χ0) is 34.1. The van der Waals surface area contributed by atoms with Crippen LogP contribution in [0.3, 0.4) is 0 Å². The van der Waals surface area contributed by atoms with Crippen LogP contribution in [0.4, 0.5) is 34.1 Å². The molecule has 0 unspecified atom stereocenters. The maximum absolute atomic E-state index is 2.29. The summed E-state index contributed by atoms with van der Waals surface area (Å²) in [6, 6.07) is 64.5. The van der Waals surface area contributed by atoms with E-state index in [4.69, 9.17) is 0 Å². The van der Waals surface area contributed by atoms with Crippen LogP contribution in [0.2, 0.25) is 0 Å². The molecule has 0 amide bonds. The molecule has 7 rings (SSSR count). The van der Waals surface area contributed by atoms with Crippen molar-refractivity contribution in [2.45, 2.75) is 13.8 Å². The lowest BCUT2D eigenvalue weighted by Gasteiger charge is -2.25. The van der Waals surface area contributed by atoms with E-state index in [1.807, 2.05) is 0 Å². The second-order valence-electron chi connectivity index (χ2n) is 12.5. The fourth-order valence-electron chi connectivity index (χ4n) is 6.06. The van der Waals surface area contributed by atoms with E-state index in [-0.39, 0.29) is 0 Å². The first-order chi connectivity index (χ1) is 24.6. The van der Waals surface area contributed by atoms with Gasteiger partial charge in [0.2, 0.25) is 0 Å². The van der Waals surface area contributed by atoms with Gasteiger partial charge in [-0.05, 0) is 115 Å². The second-order valence-corrected chi connectivity index (χ2v) is 12.5. The van der Waals surface area contributed by atoms with Crippen molar-refractivity contribution in [3.05, 3.63) is 215 Å². The highest BCUT2D eigenvalue weighted by molar-refractivity contribution is 5.80. The van der Waals surface area contributed by atoms with Crippen molar-refractivity contribution in [3.8, 4) is 0 Å². The van der Waals surface area contributed by atoms with Crippen molar-refractivity contribution < 1.29 is 0 Å². The molecule has 0 saturated heterocycles. The number of hydrogen-bond donors (Lipinski definition) is 0. The number of para-hydroxylation sites is 2. The summed E-state index contributed by atoms with van der Waals surface area (Å²) in [6.45, 7) is 4.24. The van der Waals surface area contributed by atoms with Crippen LogP contribution in [0.5, 0.6) is 0 Å². The van der Waals surface area contributed by atoms with Gasteiger partial charge in [0.1, 0.15) is 0 Å². The molecule has 0 bridgehead atoms. The number of hydrogen-bond acceptors (Lipinski definition) is 2. The molecule has 0 aliphatic heterocycles. The Morgan fingerprint density at radius 2 is 0.580 bits per heavy atom. The van der Waals surface area contributed by atoms with E-state index in [0.29, 0.717) is 0 Å². The van der Waals surface area contributed by atoms with E-state index in [2.05, 4.69) is 230 Å². The lowest BCUT2D eigenvalue weighted by molar-refractivity contribution is 1.27. The van der Waals surface area contributed by atoms with Gasteiger partial charge in [0.05, 0.1) is 0 Å². The Morgan fingerprint density at radius 3 is 0.940 bits per heavy atom. The molecule has 2 heteroatoms. The summed E-state index contributed by atoms with van der Waals surface area (Å²) < 4.78 is 0. The van der Waals surface area contributed by atoms with Crippen LogP contribution in [0, 0.1) is 13.8 Å². The van der Waals surface area contributed by atoms with E-state index in [1.165, 1.54) is 11.1 Å². The molecule has 0 atom stereocenters. The highest BCUT2D eigenvalue weighted by atomic mass is 15.1. The fraction of sp³-hybridized carbons (Fsp3) is 0.0417. The predicted molar refractivity (Wildman–Crippen MR) is 216 cm³/mol. The fourth-order valence-corrected chi connectivity index (χ4v) is 6.06. The van der Waals surface area contributed by atoms with Crippen LogP contribution >= 0.6 is 0 Å². The van der Waals surface area contributed by atoms with Gasteiger partial charge in [-0.25, -0.2) is 0 Å². The number of rotatable bonds is 10. The molecule has 7 aromatic rings. The summed E-state index contributed by atoms with van der Waals surface area (Å²) in [5.41, 5.74) is 13.9. The van der Waals surface area contributed by atoms with E-state index in [0.717, 1.165) is 56.4 Å². The van der Waals surface area contributed by atoms with Crippen molar-refractivity contribution >= 4 is 58.4 Å². The molecule has 2 nitrogen and oxygen atoms in total. The van der Waals surface area contributed by atoms with Gasteiger partial charge in [0.15, 0.2) is 0 Å². The molecular weight excluding hydrogens is 605 g/mol. The molecule has 0 fully saturated rings. The van der Waals surface area contributed by atoms with Crippen LogP contribution in [0.25, 0.3) is 24.3 Å². The molecule has 50 heavy (non-hydrogen) atoms. The maximum atomic E-state index is 2.29. The van der Waals surface area contributed by atoms with E-state index >= 15 is 0 Å². The molecule has 0 aliphatic rings. The average molecular weight is 645 g/mol.